The third-order valence-corrected chi connectivity index (χ3v) is 2.30. The van der Waals surface area contributed by atoms with Gasteiger partial charge in [-0.3, -0.25) is 0 Å². The maximum atomic E-state index is 10.8. The number of rotatable bonds is 0. The van der Waals surface area contributed by atoms with E-state index in [9.17, 15) is 4.79 Å². The van der Waals surface area contributed by atoms with E-state index in [1.54, 1.807) is 0 Å². The number of nitrogens with one attached hydrogen (secondary N) is 2. The first kappa shape index (κ1) is 6.91. The molecule has 2 aliphatic heterocycles. The molecule has 1 atom stereocenters. The fraction of sp³-hybridized carbons (Fsp3) is 0.857. The van der Waals surface area contributed by atoms with E-state index in [1.165, 1.54) is 0 Å². The number of amides is 1. The van der Waals surface area contributed by atoms with Crippen LogP contribution in [0.25, 0.3) is 0 Å². The number of carbonyl (C=O) groups is 1. The van der Waals surface area contributed by atoms with Gasteiger partial charge in [0, 0.05) is 6.54 Å². The van der Waals surface area contributed by atoms with Crippen LogP contribution in [0.15, 0.2) is 0 Å². The van der Waals surface area contributed by atoms with E-state index >= 15 is 0 Å². The second-order valence-corrected chi connectivity index (χ2v) is 3.21. The predicted octanol–water partition coefficient (Wildman–Crippen LogP) is -0.152. The fourth-order valence-corrected chi connectivity index (χ4v) is 1.68. The molecule has 62 valence electrons. The van der Waals surface area contributed by atoms with Crippen molar-refractivity contribution in [3.05, 3.63) is 0 Å². The molecule has 4 nitrogen and oxygen atoms in total. The summed E-state index contributed by atoms with van der Waals surface area (Å²) in [6, 6.07) is 0. The van der Waals surface area contributed by atoms with Crippen LogP contribution in [0.1, 0.15) is 12.8 Å². The van der Waals surface area contributed by atoms with Crippen LogP contribution >= 0.6 is 0 Å². The minimum atomic E-state index is -0.270. The zero-order chi connectivity index (χ0) is 7.73. The second kappa shape index (κ2) is 2.37. The van der Waals surface area contributed by atoms with Crippen molar-refractivity contribution >= 4 is 6.09 Å². The third kappa shape index (κ3) is 1.18. The highest BCUT2D eigenvalue weighted by Crippen LogP contribution is 2.23. The van der Waals surface area contributed by atoms with Crippen molar-refractivity contribution in [3.63, 3.8) is 0 Å². The normalized spacial score (nSPS) is 36.9. The third-order valence-electron chi connectivity index (χ3n) is 2.30. The molecule has 0 aromatic heterocycles. The van der Waals surface area contributed by atoms with Gasteiger partial charge in [0.1, 0.15) is 5.60 Å². The molecule has 11 heavy (non-hydrogen) atoms. The zero-order valence-corrected chi connectivity index (χ0v) is 6.35. The molecule has 0 aromatic carbocycles. The molecule has 0 radical (unpaired) electrons. The van der Waals surface area contributed by atoms with E-state index in [1.807, 2.05) is 0 Å². The Hall–Kier alpha value is -0.770. The lowest BCUT2D eigenvalue weighted by Gasteiger charge is -2.30. The summed E-state index contributed by atoms with van der Waals surface area (Å²) in [6.45, 7) is 2.50. The maximum Gasteiger partial charge on any atom is 0.407 e. The van der Waals surface area contributed by atoms with Crippen molar-refractivity contribution in [2.75, 3.05) is 19.6 Å². The van der Waals surface area contributed by atoms with E-state index < -0.39 is 0 Å². The summed E-state index contributed by atoms with van der Waals surface area (Å²) in [5, 5.41) is 5.90. The van der Waals surface area contributed by atoms with E-state index in [0.717, 1.165) is 25.9 Å². The molecule has 0 unspecified atom stereocenters. The van der Waals surface area contributed by atoms with Gasteiger partial charge in [0.25, 0.3) is 0 Å². The average Bonchev–Trinajstić information content (AvgIpc) is 2.34. The monoisotopic (exact) mass is 156 g/mol. The van der Waals surface area contributed by atoms with Gasteiger partial charge < -0.3 is 15.4 Å². The molecule has 0 aliphatic carbocycles. The maximum absolute atomic E-state index is 10.8. The second-order valence-electron chi connectivity index (χ2n) is 3.21. The van der Waals surface area contributed by atoms with Crippen LogP contribution in [-0.2, 0) is 4.74 Å². The number of hydrogen-bond donors (Lipinski definition) is 2. The van der Waals surface area contributed by atoms with Crippen LogP contribution in [0, 0.1) is 0 Å². The number of ether oxygens (including phenoxy) is 1. The van der Waals surface area contributed by atoms with E-state index in [-0.39, 0.29) is 11.7 Å². The molecule has 2 aliphatic rings. The van der Waals surface area contributed by atoms with Crippen molar-refractivity contribution in [2.24, 2.45) is 0 Å². The van der Waals surface area contributed by atoms with Crippen LogP contribution in [-0.4, -0.2) is 31.3 Å². The van der Waals surface area contributed by atoms with Gasteiger partial charge >= 0.3 is 6.09 Å². The topological polar surface area (TPSA) is 50.4 Å². The number of alkyl carbamates (subject to hydrolysis) is 1. The van der Waals surface area contributed by atoms with Crippen LogP contribution in [0.3, 0.4) is 0 Å². The Kier molecular flexibility index (Phi) is 1.49. The van der Waals surface area contributed by atoms with Crippen molar-refractivity contribution in [1.82, 2.24) is 10.6 Å². The standard InChI is InChI=1S/C7H12N2O2/c10-6-9-5-7(11-6)2-1-3-8-4-7/h8H,1-5H2,(H,9,10)/t7-/m0/s1. The number of piperidine rings is 1. The van der Waals surface area contributed by atoms with Gasteiger partial charge in [0.05, 0.1) is 6.54 Å². The number of hydrogen-bond acceptors (Lipinski definition) is 3. The first-order valence-electron chi connectivity index (χ1n) is 3.98. The minimum absolute atomic E-state index is 0.227. The molecule has 1 spiro atoms. The average molecular weight is 156 g/mol. The molecule has 0 bridgehead atoms. The van der Waals surface area contributed by atoms with Crippen LogP contribution in [0.4, 0.5) is 4.79 Å². The summed E-state index contributed by atoms with van der Waals surface area (Å²) in [5.41, 5.74) is -0.227. The molecule has 2 N–H and O–H groups in total. The molecule has 2 rings (SSSR count). The van der Waals surface area contributed by atoms with Gasteiger partial charge in [-0.25, -0.2) is 4.79 Å². The molecule has 0 saturated carbocycles. The van der Waals surface area contributed by atoms with Crippen molar-refractivity contribution in [3.8, 4) is 0 Å². The number of carbonyl (C=O) groups excluding carboxylic acids is 1. The Labute approximate surface area is 65.3 Å². The zero-order valence-electron chi connectivity index (χ0n) is 6.35. The summed E-state index contributed by atoms with van der Waals surface area (Å²) < 4.78 is 5.18. The fourth-order valence-electron chi connectivity index (χ4n) is 1.68. The lowest BCUT2D eigenvalue weighted by molar-refractivity contribution is 0.0366. The van der Waals surface area contributed by atoms with E-state index in [0.29, 0.717) is 6.54 Å². The van der Waals surface area contributed by atoms with E-state index in [2.05, 4.69) is 10.6 Å². The lowest BCUT2D eigenvalue weighted by Crippen LogP contribution is -2.48. The van der Waals surface area contributed by atoms with Gasteiger partial charge in [-0.15, -0.1) is 0 Å². The quantitative estimate of drug-likeness (QED) is 0.512. The smallest absolute Gasteiger partial charge is 0.407 e. The summed E-state index contributed by atoms with van der Waals surface area (Å²) in [5.74, 6) is 0. The first-order valence-corrected chi connectivity index (χ1v) is 3.98. The Morgan fingerprint density at radius 2 is 2.36 bits per heavy atom. The first-order chi connectivity index (χ1) is 5.31. The van der Waals surface area contributed by atoms with Gasteiger partial charge in [0.2, 0.25) is 0 Å². The Bertz CT molecular complexity index is 175. The minimum Gasteiger partial charge on any atom is -0.440 e. The summed E-state index contributed by atoms with van der Waals surface area (Å²) in [7, 11) is 0. The van der Waals surface area contributed by atoms with Crippen molar-refractivity contribution < 1.29 is 9.53 Å². The molecular weight excluding hydrogens is 144 g/mol. The van der Waals surface area contributed by atoms with Gasteiger partial charge in [-0.1, -0.05) is 0 Å². The Morgan fingerprint density at radius 1 is 1.45 bits per heavy atom. The summed E-state index contributed by atoms with van der Waals surface area (Å²) in [4.78, 5) is 10.8. The molecule has 1 amide bonds. The Morgan fingerprint density at radius 3 is 2.91 bits per heavy atom. The molecular formula is C7H12N2O2. The summed E-state index contributed by atoms with van der Waals surface area (Å²) >= 11 is 0. The van der Waals surface area contributed by atoms with Gasteiger partial charge in [-0.2, -0.15) is 0 Å². The van der Waals surface area contributed by atoms with Crippen molar-refractivity contribution in [2.45, 2.75) is 18.4 Å². The molecule has 2 heterocycles. The molecule has 2 saturated heterocycles. The van der Waals surface area contributed by atoms with Crippen LogP contribution in [0.2, 0.25) is 0 Å². The van der Waals surface area contributed by atoms with Crippen LogP contribution in [0.5, 0.6) is 0 Å². The highest BCUT2D eigenvalue weighted by atomic mass is 16.6. The van der Waals surface area contributed by atoms with E-state index in [4.69, 9.17) is 4.74 Å². The highest BCUT2D eigenvalue weighted by molar-refractivity contribution is 5.70. The Balaban J connectivity index is 2.03. The SMILES string of the molecule is O=C1NC[C@@]2(CCCNC2)O1. The van der Waals surface area contributed by atoms with Crippen LogP contribution < -0.4 is 10.6 Å². The largest absolute Gasteiger partial charge is 0.440 e. The molecule has 4 heteroatoms. The van der Waals surface area contributed by atoms with Crippen molar-refractivity contribution in [1.29, 1.82) is 0 Å². The molecule has 2 fully saturated rings. The predicted molar refractivity (Wildman–Crippen MR) is 39.3 cm³/mol. The van der Waals surface area contributed by atoms with Gasteiger partial charge in [0.15, 0.2) is 0 Å². The lowest BCUT2D eigenvalue weighted by atomic mass is 9.95. The molecule has 0 aromatic rings. The summed E-state index contributed by atoms with van der Waals surface area (Å²) in [6.07, 6.45) is 1.81. The van der Waals surface area contributed by atoms with Gasteiger partial charge in [-0.05, 0) is 19.4 Å². The highest BCUT2D eigenvalue weighted by Gasteiger charge is 2.40.